The molecule has 1 saturated heterocycles. The first-order valence-corrected chi connectivity index (χ1v) is 7.11. The van der Waals surface area contributed by atoms with Crippen LogP contribution in [0.1, 0.15) is 36.1 Å². The van der Waals surface area contributed by atoms with E-state index in [1.54, 1.807) is 13.8 Å². The lowest BCUT2D eigenvalue weighted by Gasteiger charge is -2.31. The van der Waals surface area contributed by atoms with Crippen molar-refractivity contribution in [3.63, 3.8) is 0 Å². The fourth-order valence-electron chi connectivity index (χ4n) is 2.49. The quantitative estimate of drug-likeness (QED) is 0.899. The van der Waals surface area contributed by atoms with E-state index in [0.717, 1.165) is 25.9 Å². The van der Waals surface area contributed by atoms with Gasteiger partial charge in [-0.3, -0.25) is 14.4 Å². The summed E-state index contributed by atoms with van der Waals surface area (Å²) in [6, 6.07) is 2.54. The lowest BCUT2D eigenvalue weighted by atomic mass is 9.97. The second kappa shape index (κ2) is 6.56. The molecule has 114 valence electrons. The van der Waals surface area contributed by atoms with Gasteiger partial charge in [-0.2, -0.15) is 0 Å². The van der Waals surface area contributed by atoms with Crippen LogP contribution in [0.25, 0.3) is 0 Å². The van der Waals surface area contributed by atoms with Crippen molar-refractivity contribution >= 4 is 11.8 Å². The van der Waals surface area contributed by atoms with Gasteiger partial charge < -0.3 is 14.6 Å². The molecule has 0 atom stereocenters. The number of likely N-dealkylation sites (tertiary alicyclic amines) is 1. The normalized spacial score (nSPS) is 15.8. The van der Waals surface area contributed by atoms with E-state index in [0.29, 0.717) is 18.2 Å². The second-order valence-electron chi connectivity index (χ2n) is 5.43. The molecule has 1 aromatic heterocycles. The summed E-state index contributed by atoms with van der Waals surface area (Å²) in [5.74, 6) is 0.536. The number of carbonyl (C=O) groups is 2. The largest absolute Gasteiger partial charge is 0.456 e. The number of nitrogens with one attached hydrogen (secondary N) is 1. The van der Waals surface area contributed by atoms with Crippen LogP contribution in [0.4, 0.5) is 0 Å². The molecule has 2 heterocycles. The van der Waals surface area contributed by atoms with Gasteiger partial charge in [0.25, 0.3) is 5.91 Å². The number of rotatable bonds is 3. The summed E-state index contributed by atoms with van der Waals surface area (Å²) in [5.41, 5.74) is -0.237. The Bertz CT molecular complexity index is 586. The van der Waals surface area contributed by atoms with Gasteiger partial charge in [0.2, 0.25) is 5.91 Å². The Morgan fingerprint density at radius 2 is 2.00 bits per heavy atom. The van der Waals surface area contributed by atoms with Crippen molar-refractivity contribution < 1.29 is 14.0 Å². The molecule has 6 heteroatoms. The molecule has 2 amide bonds. The lowest BCUT2D eigenvalue weighted by Crippen LogP contribution is -2.40. The molecule has 1 aliphatic rings. The van der Waals surface area contributed by atoms with Crippen molar-refractivity contribution in [2.75, 3.05) is 19.6 Å². The summed E-state index contributed by atoms with van der Waals surface area (Å²) < 4.78 is 5.24. The average Bonchev–Trinajstić information content (AvgIpc) is 2.44. The Balaban J connectivity index is 1.85. The Kier molecular flexibility index (Phi) is 4.77. The molecule has 0 spiro atoms. The highest BCUT2D eigenvalue weighted by atomic mass is 16.3. The van der Waals surface area contributed by atoms with Gasteiger partial charge in [0.15, 0.2) is 11.2 Å². The number of aryl methyl sites for hydroxylation is 1. The summed E-state index contributed by atoms with van der Waals surface area (Å²) in [6.45, 7) is 5.20. The Morgan fingerprint density at radius 1 is 1.33 bits per heavy atom. The summed E-state index contributed by atoms with van der Waals surface area (Å²) in [6.07, 6.45) is 1.75. The van der Waals surface area contributed by atoms with Crippen molar-refractivity contribution in [3.8, 4) is 0 Å². The first-order valence-electron chi connectivity index (χ1n) is 7.11. The van der Waals surface area contributed by atoms with Crippen LogP contribution in [-0.2, 0) is 4.79 Å². The highest BCUT2D eigenvalue weighted by Gasteiger charge is 2.21. The Labute approximate surface area is 123 Å². The predicted octanol–water partition coefficient (Wildman–Crippen LogP) is 0.937. The average molecular weight is 292 g/mol. The van der Waals surface area contributed by atoms with Crippen LogP contribution in [0, 0.1) is 12.8 Å². The molecular weight excluding hydrogens is 272 g/mol. The van der Waals surface area contributed by atoms with Gasteiger partial charge in [0, 0.05) is 38.7 Å². The molecule has 1 N–H and O–H groups in total. The summed E-state index contributed by atoms with van der Waals surface area (Å²) in [5, 5.41) is 2.79. The predicted molar refractivity (Wildman–Crippen MR) is 77.0 cm³/mol. The second-order valence-corrected chi connectivity index (χ2v) is 5.43. The number of carbonyl (C=O) groups excluding carboxylic acids is 2. The van der Waals surface area contributed by atoms with Gasteiger partial charge in [0.1, 0.15) is 5.76 Å². The zero-order chi connectivity index (χ0) is 15.4. The number of piperidine rings is 1. The summed E-state index contributed by atoms with van der Waals surface area (Å²) in [7, 11) is 0. The number of hydrogen-bond acceptors (Lipinski definition) is 4. The van der Waals surface area contributed by atoms with Crippen molar-refractivity contribution in [1.82, 2.24) is 10.2 Å². The Morgan fingerprint density at radius 3 is 2.57 bits per heavy atom. The van der Waals surface area contributed by atoms with Crippen molar-refractivity contribution in [3.05, 3.63) is 33.9 Å². The maximum absolute atomic E-state index is 12.0. The molecule has 1 fully saturated rings. The fraction of sp³-hybridized carbons (Fsp3) is 0.533. The van der Waals surface area contributed by atoms with Crippen LogP contribution in [0.5, 0.6) is 0 Å². The van der Waals surface area contributed by atoms with Crippen LogP contribution >= 0.6 is 0 Å². The monoisotopic (exact) mass is 292 g/mol. The van der Waals surface area contributed by atoms with Crippen LogP contribution in [0.15, 0.2) is 21.3 Å². The smallest absolute Gasteiger partial charge is 0.287 e. The third-order valence-corrected chi connectivity index (χ3v) is 3.72. The molecule has 0 aromatic carbocycles. The SMILES string of the molecule is CC(=O)N1CCC(CNC(=O)c2cc(=O)cc(C)o2)CC1. The fourth-order valence-corrected chi connectivity index (χ4v) is 2.49. The number of nitrogens with zero attached hydrogens (tertiary/aromatic N) is 1. The first-order chi connectivity index (χ1) is 9.95. The minimum atomic E-state index is -0.371. The van der Waals surface area contributed by atoms with Gasteiger partial charge in [0.05, 0.1) is 0 Å². The highest BCUT2D eigenvalue weighted by molar-refractivity contribution is 5.91. The lowest BCUT2D eigenvalue weighted by molar-refractivity contribution is -0.130. The maximum Gasteiger partial charge on any atom is 0.287 e. The van der Waals surface area contributed by atoms with Crippen molar-refractivity contribution in [2.45, 2.75) is 26.7 Å². The first kappa shape index (κ1) is 15.3. The number of hydrogen-bond donors (Lipinski definition) is 1. The van der Waals surface area contributed by atoms with Crippen molar-refractivity contribution in [1.29, 1.82) is 0 Å². The summed E-state index contributed by atoms with van der Waals surface area (Å²) in [4.78, 5) is 36.4. The minimum absolute atomic E-state index is 0.0428. The van der Waals surface area contributed by atoms with Gasteiger partial charge in [-0.05, 0) is 25.7 Å². The van der Waals surface area contributed by atoms with E-state index in [2.05, 4.69) is 5.32 Å². The zero-order valence-electron chi connectivity index (χ0n) is 12.3. The molecule has 0 radical (unpaired) electrons. The van der Waals surface area contributed by atoms with E-state index >= 15 is 0 Å². The minimum Gasteiger partial charge on any atom is -0.456 e. The third kappa shape index (κ3) is 4.18. The van der Waals surface area contributed by atoms with Crippen LogP contribution < -0.4 is 10.7 Å². The van der Waals surface area contributed by atoms with Gasteiger partial charge in [-0.1, -0.05) is 0 Å². The standard InChI is InChI=1S/C15H20N2O4/c1-10-7-13(19)8-14(21-10)15(20)16-9-12-3-5-17(6-4-12)11(2)18/h7-8,12H,3-6,9H2,1-2H3,(H,16,20). The maximum atomic E-state index is 12.0. The topological polar surface area (TPSA) is 79.6 Å². The van der Waals surface area contributed by atoms with Crippen LogP contribution in [0.2, 0.25) is 0 Å². The van der Waals surface area contributed by atoms with E-state index in [1.807, 2.05) is 4.90 Å². The van der Waals surface area contributed by atoms with E-state index in [9.17, 15) is 14.4 Å². The van der Waals surface area contributed by atoms with E-state index in [4.69, 9.17) is 4.42 Å². The molecule has 0 aliphatic carbocycles. The number of amides is 2. The van der Waals surface area contributed by atoms with E-state index < -0.39 is 0 Å². The van der Waals surface area contributed by atoms with Crippen molar-refractivity contribution in [2.24, 2.45) is 5.92 Å². The highest BCUT2D eigenvalue weighted by Crippen LogP contribution is 2.16. The molecule has 2 rings (SSSR count). The Hall–Kier alpha value is -2.11. The molecule has 1 aromatic rings. The van der Waals surface area contributed by atoms with E-state index in [-0.39, 0.29) is 23.0 Å². The molecule has 0 saturated carbocycles. The molecule has 1 aliphatic heterocycles. The zero-order valence-corrected chi connectivity index (χ0v) is 12.3. The van der Waals surface area contributed by atoms with Crippen LogP contribution in [-0.4, -0.2) is 36.3 Å². The molecule has 21 heavy (non-hydrogen) atoms. The van der Waals surface area contributed by atoms with Gasteiger partial charge in [-0.15, -0.1) is 0 Å². The van der Waals surface area contributed by atoms with Gasteiger partial charge >= 0.3 is 0 Å². The summed E-state index contributed by atoms with van der Waals surface area (Å²) >= 11 is 0. The van der Waals surface area contributed by atoms with E-state index in [1.165, 1.54) is 12.1 Å². The molecule has 0 unspecified atom stereocenters. The van der Waals surface area contributed by atoms with Crippen LogP contribution in [0.3, 0.4) is 0 Å². The molecule has 6 nitrogen and oxygen atoms in total. The third-order valence-electron chi connectivity index (χ3n) is 3.72. The molecular formula is C15H20N2O4. The van der Waals surface area contributed by atoms with Gasteiger partial charge in [-0.25, -0.2) is 0 Å². The molecule has 0 bridgehead atoms.